The third kappa shape index (κ3) is 6.21. The van der Waals surface area contributed by atoms with E-state index in [1.165, 1.54) is 11.3 Å². The summed E-state index contributed by atoms with van der Waals surface area (Å²) in [6.07, 6.45) is 0. The van der Waals surface area contributed by atoms with E-state index in [-0.39, 0.29) is 12.5 Å². The van der Waals surface area contributed by atoms with Gasteiger partial charge in [0.2, 0.25) is 5.75 Å². The monoisotopic (exact) mass is 520 g/mol. The van der Waals surface area contributed by atoms with Gasteiger partial charge < -0.3 is 23.8 Å². The van der Waals surface area contributed by atoms with Crippen LogP contribution in [0.1, 0.15) is 21.1 Å². The third-order valence-corrected chi connectivity index (χ3v) is 5.96. The number of nitrogens with zero attached hydrogens (tertiary/aromatic N) is 2. The second-order valence-corrected chi connectivity index (χ2v) is 8.60. The highest BCUT2D eigenvalue weighted by molar-refractivity contribution is 9.10. The summed E-state index contributed by atoms with van der Waals surface area (Å²) in [7, 11) is 4.78. The van der Waals surface area contributed by atoms with Gasteiger partial charge in [0.25, 0.3) is 5.91 Å². The van der Waals surface area contributed by atoms with Gasteiger partial charge in [-0.2, -0.15) is 0 Å². The molecule has 0 N–H and O–H groups in total. The van der Waals surface area contributed by atoms with Gasteiger partial charge >= 0.3 is 0 Å². The largest absolute Gasteiger partial charge is 0.493 e. The Labute approximate surface area is 200 Å². The van der Waals surface area contributed by atoms with Crippen LogP contribution in [0.5, 0.6) is 17.2 Å². The van der Waals surface area contributed by atoms with Gasteiger partial charge in [-0.05, 0) is 30.3 Å². The van der Waals surface area contributed by atoms with Gasteiger partial charge in [-0.3, -0.25) is 4.79 Å². The predicted molar refractivity (Wildman–Crippen MR) is 127 cm³/mol. The summed E-state index contributed by atoms with van der Waals surface area (Å²) in [6.45, 7) is 1.54. The molecule has 0 unspecified atom stereocenters. The Morgan fingerprint density at radius 3 is 2.47 bits per heavy atom. The molecule has 0 radical (unpaired) electrons. The van der Waals surface area contributed by atoms with Crippen LogP contribution in [0.3, 0.4) is 0 Å². The fourth-order valence-electron chi connectivity index (χ4n) is 3.03. The highest BCUT2D eigenvalue weighted by Crippen LogP contribution is 2.37. The number of carbonyl (C=O) groups is 1. The van der Waals surface area contributed by atoms with Crippen LogP contribution in [0.15, 0.2) is 52.3 Å². The predicted octanol–water partition coefficient (Wildman–Crippen LogP) is 4.79. The van der Waals surface area contributed by atoms with E-state index < -0.39 is 0 Å². The summed E-state index contributed by atoms with van der Waals surface area (Å²) in [5.74, 6) is 1.63. The number of ether oxygens (including phenoxy) is 4. The standard InChI is InChI=1S/C23H25BrN2O5S/c1-28-11-10-26(23(27)16-6-4-7-17(24)12-16)13-18-15-32-21(25-18)14-31-22-19(29-2)8-5-9-20(22)30-3/h4-9,12,15H,10-11,13-14H2,1-3H3. The fraction of sp³-hybridized carbons (Fsp3) is 0.304. The first-order valence-corrected chi connectivity index (χ1v) is 11.5. The molecule has 1 heterocycles. The average molecular weight is 521 g/mol. The quantitative estimate of drug-likeness (QED) is 0.362. The Morgan fingerprint density at radius 2 is 1.81 bits per heavy atom. The topological polar surface area (TPSA) is 70.1 Å². The first-order chi connectivity index (χ1) is 15.5. The molecular weight excluding hydrogens is 496 g/mol. The van der Waals surface area contributed by atoms with Crippen molar-refractivity contribution in [1.29, 1.82) is 0 Å². The number of thiazole rings is 1. The first-order valence-electron chi connectivity index (χ1n) is 9.86. The van der Waals surface area contributed by atoms with Crippen molar-refractivity contribution in [3.8, 4) is 17.2 Å². The van der Waals surface area contributed by atoms with Gasteiger partial charge in [0, 0.05) is 29.1 Å². The van der Waals surface area contributed by atoms with Gasteiger partial charge in [0.15, 0.2) is 11.5 Å². The number of para-hydroxylation sites is 1. The SMILES string of the molecule is COCCN(Cc1csc(COc2c(OC)cccc2OC)n1)C(=O)c1cccc(Br)c1. The van der Waals surface area contributed by atoms with E-state index in [2.05, 4.69) is 20.9 Å². The lowest BCUT2D eigenvalue weighted by Crippen LogP contribution is -2.33. The minimum absolute atomic E-state index is 0.0760. The van der Waals surface area contributed by atoms with E-state index in [1.807, 2.05) is 41.8 Å². The fourth-order valence-corrected chi connectivity index (χ4v) is 4.13. The Balaban J connectivity index is 1.70. The van der Waals surface area contributed by atoms with Crippen molar-refractivity contribution in [2.24, 2.45) is 0 Å². The van der Waals surface area contributed by atoms with Gasteiger partial charge in [-0.25, -0.2) is 4.98 Å². The number of rotatable bonds is 11. The molecule has 170 valence electrons. The summed E-state index contributed by atoms with van der Waals surface area (Å²) in [4.78, 5) is 19.4. The van der Waals surface area contributed by atoms with Crippen LogP contribution < -0.4 is 14.2 Å². The van der Waals surface area contributed by atoms with Crippen molar-refractivity contribution in [1.82, 2.24) is 9.88 Å². The Bertz CT molecular complexity index is 1020. The Hall–Kier alpha value is -2.62. The van der Waals surface area contributed by atoms with Crippen LogP contribution in [-0.2, 0) is 17.9 Å². The molecular formula is C23H25BrN2O5S. The smallest absolute Gasteiger partial charge is 0.254 e. The molecule has 0 atom stereocenters. The van der Waals surface area contributed by atoms with Gasteiger partial charge in [-0.1, -0.05) is 28.1 Å². The van der Waals surface area contributed by atoms with Crippen molar-refractivity contribution in [3.05, 3.63) is 68.6 Å². The van der Waals surface area contributed by atoms with Gasteiger partial charge in [-0.15, -0.1) is 11.3 Å². The molecule has 32 heavy (non-hydrogen) atoms. The van der Waals surface area contributed by atoms with E-state index in [0.29, 0.717) is 42.5 Å². The molecule has 0 fully saturated rings. The third-order valence-electron chi connectivity index (χ3n) is 4.60. The number of aromatic nitrogens is 1. The van der Waals surface area contributed by atoms with Crippen molar-refractivity contribution in [2.75, 3.05) is 34.5 Å². The molecule has 0 aliphatic carbocycles. The highest BCUT2D eigenvalue weighted by Gasteiger charge is 2.18. The molecule has 0 aliphatic rings. The van der Waals surface area contributed by atoms with E-state index in [9.17, 15) is 4.79 Å². The second kappa shape index (κ2) is 11.8. The van der Waals surface area contributed by atoms with Crippen molar-refractivity contribution in [2.45, 2.75) is 13.2 Å². The minimum Gasteiger partial charge on any atom is -0.493 e. The number of hydrogen-bond donors (Lipinski definition) is 0. The van der Waals surface area contributed by atoms with Crippen molar-refractivity contribution >= 4 is 33.2 Å². The van der Waals surface area contributed by atoms with Crippen molar-refractivity contribution in [3.63, 3.8) is 0 Å². The zero-order valence-corrected chi connectivity index (χ0v) is 20.6. The molecule has 9 heteroatoms. The molecule has 0 bridgehead atoms. The normalized spacial score (nSPS) is 10.6. The average Bonchev–Trinajstić information content (AvgIpc) is 3.26. The van der Waals surface area contributed by atoms with Crippen LogP contribution >= 0.6 is 27.3 Å². The number of carbonyl (C=O) groups excluding carboxylic acids is 1. The molecule has 0 aliphatic heterocycles. The lowest BCUT2D eigenvalue weighted by atomic mass is 10.2. The first kappa shape index (κ1) is 24.0. The van der Waals surface area contributed by atoms with Crippen LogP contribution in [-0.4, -0.2) is 50.3 Å². The lowest BCUT2D eigenvalue weighted by molar-refractivity contribution is 0.0678. The molecule has 2 aromatic carbocycles. The lowest BCUT2D eigenvalue weighted by Gasteiger charge is -2.21. The molecule has 7 nitrogen and oxygen atoms in total. The zero-order chi connectivity index (χ0) is 22.9. The number of methoxy groups -OCH3 is 3. The van der Waals surface area contributed by atoms with Crippen LogP contribution in [0, 0.1) is 0 Å². The summed E-state index contributed by atoms with van der Waals surface area (Å²) in [6, 6.07) is 12.8. The van der Waals surface area contributed by atoms with Crippen LogP contribution in [0.2, 0.25) is 0 Å². The molecule has 3 aromatic rings. The van der Waals surface area contributed by atoms with E-state index >= 15 is 0 Å². The number of hydrogen-bond acceptors (Lipinski definition) is 7. The maximum atomic E-state index is 13.0. The number of halogens is 1. The molecule has 1 aromatic heterocycles. The van der Waals surface area contributed by atoms with Crippen LogP contribution in [0.4, 0.5) is 0 Å². The Kier molecular flexibility index (Phi) is 8.90. The summed E-state index contributed by atoms with van der Waals surface area (Å²) in [5.41, 5.74) is 1.40. The molecule has 1 amide bonds. The maximum Gasteiger partial charge on any atom is 0.254 e. The van der Waals surface area contributed by atoms with Gasteiger partial charge in [0.1, 0.15) is 11.6 Å². The summed E-state index contributed by atoms with van der Waals surface area (Å²) >= 11 is 4.90. The molecule has 0 saturated heterocycles. The minimum atomic E-state index is -0.0760. The zero-order valence-electron chi connectivity index (χ0n) is 18.2. The molecule has 0 saturated carbocycles. The summed E-state index contributed by atoms with van der Waals surface area (Å²) < 4.78 is 22.7. The molecule has 0 spiro atoms. The Morgan fingerprint density at radius 1 is 1.09 bits per heavy atom. The summed E-state index contributed by atoms with van der Waals surface area (Å²) in [5, 5.41) is 2.72. The maximum absolute atomic E-state index is 13.0. The van der Waals surface area contributed by atoms with Crippen LogP contribution in [0.25, 0.3) is 0 Å². The van der Waals surface area contributed by atoms with Gasteiger partial charge in [0.05, 0.1) is 33.1 Å². The number of amides is 1. The molecule has 3 rings (SSSR count). The number of benzene rings is 2. The second-order valence-electron chi connectivity index (χ2n) is 6.74. The van der Waals surface area contributed by atoms with E-state index in [0.717, 1.165) is 15.2 Å². The van der Waals surface area contributed by atoms with E-state index in [4.69, 9.17) is 18.9 Å². The van der Waals surface area contributed by atoms with Crippen molar-refractivity contribution < 1.29 is 23.7 Å². The highest BCUT2D eigenvalue weighted by atomic mass is 79.9. The van der Waals surface area contributed by atoms with E-state index in [1.54, 1.807) is 32.3 Å².